The molecule has 3 unspecified atom stereocenters. The normalized spacial score (nSPS) is 23.6. The number of anilines is 1. The summed E-state index contributed by atoms with van der Waals surface area (Å²) < 4.78 is 5.57. The number of rotatable bonds is 6. The number of hydrogen-bond donors (Lipinski definition) is 0. The fourth-order valence-electron chi connectivity index (χ4n) is 6.62. The average Bonchev–Trinajstić information content (AvgIpc) is 3.03. The molecule has 2 saturated heterocycles. The first-order chi connectivity index (χ1) is 20.5. The quantitative estimate of drug-likeness (QED) is 0.334. The van der Waals surface area contributed by atoms with Crippen LogP contribution < -0.4 is 9.64 Å². The number of methoxy groups -OCH3 is 1. The molecule has 2 heterocycles. The van der Waals surface area contributed by atoms with Gasteiger partial charge in [0.1, 0.15) is 5.75 Å². The van der Waals surface area contributed by atoms with E-state index in [-0.39, 0.29) is 29.0 Å². The van der Waals surface area contributed by atoms with E-state index in [1.165, 1.54) is 5.56 Å². The number of hydrogen-bond acceptors (Lipinski definition) is 5. The van der Waals surface area contributed by atoms with Crippen molar-refractivity contribution in [2.24, 2.45) is 5.92 Å². The standard InChI is InChI=1S/C35H39N3O3S/c1-25-9-8-12-27(21-25)24-38-30-23-28(15-16-32(30)42-33(35(38)40)22-26-10-4-3-5-11-26)34(39)37-19-17-36(18-20-37)29-13-6-7-14-31(29)41-2/h3-14,21-22,28,30,32H,15-20,23-24H2,1-2H3/b33-22-. The molecule has 7 heteroatoms. The number of para-hydroxylation sites is 2. The molecule has 3 aromatic carbocycles. The van der Waals surface area contributed by atoms with Gasteiger partial charge in [-0.3, -0.25) is 9.59 Å². The average molecular weight is 582 g/mol. The highest BCUT2D eigenvalue weighted by Gasteiger charge is 2.45. The third-order valence-electron chi connectivity index (χ3n) is 8.80. The Bertz CT molecular complexity index is 1450. The zero-order valence-electron chi connectivity index (χ0n) is 24.4. The number of nitrogens with zero attached hydrogens (tertiary/aromatic N) is 3. The predicted molar refractivity (Wildman–Crippen MR) is 170 cm³/mol. The van der Waals surface area contributed by atoms with Crippen LogP contribution in [-0.4, -0.2) is 66.2 Å². The van der Waals surface area contributed by atoms with Gasteiger partial charge in [-0.05, 0) is 55.5 Å². The number of fused-ring (bicyclic) bond motifs is 1. The minimum atomic E-state index is -0.0582. The SMILES string of the molecule is COc1ccccc1N1CCN(C(=O)C2CCC3S/C(=C\c4ccccc4)C(=O)N(Cc4cccc(C)c4)C3C2)CC1. The van der Waals surface area contributed by atoms with E-state index in [0.29, 0.717) is 19.6 Å². The van der Waals surface area contributed by atoms with Crippen molar-refractivity contribution >= 4 is 35.3 Å². The Kier molecular flexibility index (Phi) is 8.56. The fourth-order valence-corrected chi connectivity index (χ4v) is 8.04. The van der Waals surface area contributed by atoms with Gasteiger partial charge in [0.2, 0.25) is 5.91 Å². The van der Waals surface area contributed by atoms with Gasteiger partial charge in [0.15, 0.2) is 0 Å². The maximum absolute atomic E-state index is 14.0. The maximum atomic E-state index is 14.0. The summed E-state index contributed by atoms with van der Waals surface area (Å²) in [5, 5.41) is 0.286. The predicted octanol–water partition coefficient (Wildman–Crippen LogP) is 6.01. The fraction of sp³-hybridized carbons (Fsp3) is 0.371. The van der Waals surface area contributed by atoms with Crippen molar-refractivity contribution < 1.29 is 14.3 Å². The van der Waals surface area contributed by atoms with Crippen molar-refractivity contribution in [1.82, 2.24) is 9.80 Å². The lowest BCUT2D eigenvalue weighted by Crippen LogP contribution is -2.55. The van der Waals surface area contributed by atoms with E-state index >= 15 is 0 Å². The Morgan fingerprint density at radius 3 is 2.48 bits per heavy atom. The molecule has 42 heavy (non-hydrogen) atoms. The minimum Gasteiger partial charge on any atom is -0.495 e. The van der Waals surface area contributed by atoms with Crippen LogP contribution in [0.15, 0.2) is 83.8 Å². The number of amides is 2. The van der Waals surface area contributed by atoms with Crippen LogP contribution in [0.25, 0.3) is 6.08 Å². The molecule has 2 aliphatic heterocycles. The van der Waals surface area contributed by atoms with E-state index in [9.17, 15) is 9.59 Å². The second kappa shape index (κ2) is 12.7. The zero-order chi connectivity index (χ0) is 29.1. The molecule has 3 fully saturated rings. The van der Waals surface area contributed by atoms with E-state index in [4.69, 9.17) is 4.74 Å². The Morgan fingerprint density at radius 2 is 1.71 bits per heavy atom. The first-order valence-electron chi connectivity index (χ1n) is 15.0. The monoisotopic (exact) mass is 581 g/mol. The summed E-state index contributed by atoms with van der Waals surface area (Å²) in [4.78, 5) is 35.1. The molecule has 1 aliphatic carbocycles. The van der Waals surface area contributed by atoms with Gasteiger partial charge in [-0.15, -0.1) is 11.8 Å². The second-order valence-corrected chi connectivity index (χ2v) is 12.8. The molecule has 6 nitrogen and oxygen atoms in total. The molecule has 0 spiro atoms. The summed E-state index contributed by atoms with van der Waals surface area (Å²) in [5.41, 5.74) is 4.44. The number of carbonyl (C=O) groups is 2. The van der Waals surface area contributed by atoms with Crippen LogP contribution in [0.4, 0.5) is 5.69 Å². The molecule has 0 N–H and O–H groups in total. The summed E-state index contributed by atoms with van der Waals surface area (Å²) in [6.07, 6.45) is 4.55. The van der Waals surface area contributed by atoms with Crippen LogP contribution >= 0.6 is 11.8 Å². The lowest BCUT2D eigenvalue weighted by atomic mass is 9.83. The van der Waals surface area contributed by atoms with Gasteiger partial charge in [0, 0.05) is 49.9 Å². The lowest BCUT2D eigenvalue weighted by Gasteiger charge is -2.47. The van der Waals surface area contributed by atoms with Gasteiger partial charge < -0.3 is 19.4 Å². The van der Waals surface area contributed by atoms with Gasteiger partial charge >= 0.3 is 0 Å². The van der Waals surface area contributed by atoms with E-state index in [0.717, 1.165) is 59.8 Å². The molecular weight excluding hydrogens is 542 g/mol. The number of thioether (sulfide) groups is 1. The molecular formula is C35H39N3O3S. The highest BCUT2D eigenvalue weighted by atomic mass is 32.2. The van der Waals surface area contributed by atoms with Gasteiger partial charge in [-0.25, -0.2) is 0 Å². The second-order valence-electron chi connectivity index (χ2n) is 11.6. The number of piperazine rings is 1. The molecule has 6 rings (SSSR count). The van der Waals surface area contributed by atoms with E-state index in [1.54, 1.807) is 18.9 Å². The van der Waals surface area contributed by atoms with Gasteiger partial charge in [0.25, 0.3) is 5.91 Å². The zero-order valence-corrected chi connectivity index (χ0v) is 25.3. The van der Waals surface area contributed by atoms with Crippen LogP contribution in [0.2, 0.25) is 0 Å². The molecule has 218 valence electrons. The third-order valence-corrected chi connectivity index (χ3v) is 10.2. The lowest BCUT2D eigenvalue weighted by molar-refractivity contribution is -0.140. The first-order valence-corrected chi connectivity index (χ1v) is 15.8. The van der Waals surface area contributed by atoms with Gasteiger partial charge in [-0.1, -0.05) is 72.3 Å². The Balaban J connectivity index is 1.18. The molecule has 0 radical (unpaired) electrons. The summed E-state index contributed by atoms with van der Waals surface area (Å²) in [7, 11) is 1.70. The van der Waals surface area contributed by atoms with Crippen LogP contribution in [0.5, 0.6) is 5.75 Å². The first kappa shape index (κ1) is 28.4. The summed E-state index contributed by atoms with van der Waals surface area (Å²) in [6, 6.07) is 26.6. The molecule has 3 aliphatic rings. The van der Waals surface area contributed by atoms with Crippen molar-refractivity contribution in [3.63, 3.8) is 0 Å². The van der Waals surface area contributed by atoms with Crippen molar-refractivity contribution in [2.75, 3.05) is 38.2 Å². The number of carbonyl (C=O) groups excluding carboxylic acids is 2. The van der Waals surface area contributed by atoms with Crippen LogP contribution in [0.1, 0.15) is 36.0 Å². The summed E-state index contributed by atoms with van der Waals surface area (Å²) in [6.45, 7) is 5.62. The topological polar surface area (TPSA) is 53.1 Å². The smallest absolute Gasteiger partial charge is 0.260 e. The van der Waals surface area contributed by atoms with Crippen LogP contribution in [-0.2, 0) is 16.1 Å². The Morgan fingerprint density at radius 1 is 0.952 bits per heavy atom. The number of aryl methyl sites for hydroxylation is 1. The molecule has 3 aromatic rings. The van der Waals surface area contributed by atoms with E-state index in [2.05, 4.69) is 47.1 Å². The van der Waals surface area contributed by atoms with Crippen molar-refractivity contribution in [3.05, 3.63) is 100 Å². The highest BCUT2D eigenvalue weighted by Crippen LogP contribution is 2.45. The maximum Gasteiger partial charge on any atom is 0.260 e. The number of benzene rings is 3. The molecule has 3 atom stereocenters. The van der Waals surface area contributed by atoms with Gasteiger partial charge in [-0.2, -0.15) is 0 Å². The molecule has 0 aromatic heterocycles. The van der Waals surface area contributed by atoms with Crippen molar-refractivity contribution in [3.8, 4) is 5.75 Å². The molecule has 2 amide bonds. The van der Waals surface area contributed by atoms with Crippen LogP contribution in [0.3, 0.4) is 0 Å². The minimum absolute atomic E-state index is 0.0357. The third kappa shape index (κ3) is 6.07. The van der Waals surface area contributed by atoms with Crippen LogP contribution in [0, 0.1) is 12.8 Å². The van der Waals surface area contributed by atoms with E-state index in [1.807, 2.05) is 59.5 Å². The van der Waals surface area contributed by atoms with E-state index < -0.39 is 0 Å². The Labute approximate surface area is 253 Å². The van der Waals surface area contributed by atoms with Crippen molar-refractivity contribution in [1.29, 1.82) is 0 Å². The molecule has 1 saturated carbocycles. The number of ether oxygens (including phenoxy) is 1. The van der Waals surface area contributed by atoms with Gasteiger partial charge in [0.05, 0.1) is 17.7 Å². The molecule has 0 bridgehead atoms. The highest BCUT2D eigenvalue weighted by molar-refractivity contribution is 8.04. The Hall–Kier alpha value is -3.71. The summed E-state index contributed by atoms with van der Waals surface area (Å²) in [5.74, 6) is 1.12. The van der Waals surface area contributed by atoms with Crippen molar-refractivity contribution in [2.45, 2.75) is 44.0 Å². The summed E-state index contributed by atoms with van der Waals surface area (Å²) >= 11 is 1.71. The largest absolute Gasteiger partial charge is 0.495 e.